The zero-order valence-electron chi connectivity index (χ0n) is 14.0. The van der Waals surface area contributed by atoms with Crippen LogP contribution in [0, 0.1) is 5.92 Å². The molecule has 2 aliphatic carbocycles. The first-order valence-corrected chi connectivity index (χ1v) is 8.95. The fraction of sp³-hybridized carbons (Fsp3) is 0.700. The van der Waals surface area contributed by atoms with E-state index >= 15 is 0 Å². The van der Waals surface area contributed by atoms with Crippen LogP contribution in [0.2, 0.25) is 0 Å². The Hall–Kier alpha value is -0.820. The van der Waals surface area contributed by atoms with Crippen LogP contribution in [0.3, 0.4) is 0 Å². The summed E-state index contributed by atoms with van der Waals surface area (Å²) < 4.78 is 0. The molecule has 1 heteroatoms. The molecule has 1 fully saturated rings. The van der Waals surface area contributed by atoms with Gasteiger partial charge in [-0.25, -0.2) is 0 Å². The number of nitrogens with one attached hydrogen (secondary N) is 1. The van der Waals surface area contributed by atoms with Gasteiger partial charge in [0.05, 0.1) is 0 Å². The van der Waals surface area contributed by atoms with Crippen molar-refractivity contribution in [2.75, 3.05) is 0 Å². The summed E-state index contributed by atoms with van der Waals surface area (Å²) in [4.78, 5) is 0. The molecule has 21 heavy (non-hydrogen) atoms. The van der Waals surface area contributed by atoms with Crippen LogP contribution in [0.25, 0.3) is 0 Å². The van der Waals surface area contributed by atoms with Gasteiger partial charge in [0.25, 0.3) is 0 Å². The molecule has 1 aromatic rings. The van der Waals surface area contributed by atoms with E-state index in [1.54, 1.807) is 11.1 Å². The number of hydrogen-bond acceptors (Lipinski definition) is 1. The van der Waals surface area contributed by atoms with Crippen molar-refractivity contribution in [3.63, 3.8) is 0 Å². The number of fused-ring (bicyclic) bond motifs is 1. The Bertz CT molecular complexity index is 468. The van der Waals surface area contributed by atoms with E-state index in [1.165, 1.54) is 44.9 Å². The Labute approximate surface area is 130 Å². The van der Waals surface area contributed by atoms with E-state index in [-0.39, 0.29) is 0 Å². The molecular formula is C20H31N. The highest BCUT2D eigenvalue weighted by Crippen LogP contribution is 2.42. The zero-order chi connectivity index (χ0) is 14.9. The van der Waals surface area contributed by atoms with Gasteiger partial charge >= 0.3 is 0 Å². The maximum atomic E-state index is 4.00. The molecule has 0 bridgehead atoms. The van der Waals surface area contributed by atoms with E-state index in [1.807, 2.05) is 0 Å². The van der Waals surface area contributed by atoms with Gasteiger partial charge in [-0.15, -0.1) is 0 Å². The van der Waals surface area contributed by atoms with Crippen LogP contribution in [-0.4, -0.2) is 6.04 Å². The molecule has 0 spiro atoms. The van der Waals surface area contributed by atoms with Crippen LogP contribution >= 0.6 is 0 Å². The molecule has 116 valence electrons. The molecule has 1 atom stereocenters. The maximum Gasteiger partial charge on any atom is 0.0325 e. The molecule has 1 nitrogen and oxygen atoms in total. The quantitative estimate of drug-likeness (QED) is 0.788. The molecule has 1 aromatic carbocycles. The molecule has 0 heterocycles. The first-order chi connectivity index (χ1) is 10.1. The summed E-state index contributed by atoms with van der Waals surface area (Å²) in [6.45, 7) is 7.14. The molecule has 1 saturated carbocycles. The van der Waals surface area contributed by atoms with Crippen molar-refractivity contribution in [2.24, 2.45) is 5.92 Å². The topological polar surface area (TPSA) is 12.0 Å². The average molecular weight is 285 g/mol. The van der Waals surface area contributed by atoms with E-state index in [0.717, 1.165) is 12.0 Å². The lowest BCUT2D eigenvalue weighted by molar-refractivity contribution is 0.251. The predicted octanol–water partition coefficient (Wildman–Crippen LogP) is 5.36. The summed E-state index contributed by atoms with van der Waals surface area (Å²) in [6.07, 6.45) is 9.56. The third kappa shape index (κ3) is 3.18. The normalized spacial score (nSPS) is 31.7. The van der Waals surface area contributed by atoms with Gasteiger partial charge in [0.1, 0.15) is 0 Å². The van der Waals surface area contributed by atoms with Crippen molar-refractivity contribution < 1.29 is 0 Å². The summed E-state index contributed by atoms with van der Waals surface area (Å²) in [5, 5.41) is 4.00. The predicted molar refractivity (Wildman–Crippen MR) is 90.6 cm³/mol. The van der Waals surface area contributed by atoms with Crippen LogP contribution in [-0.2, 0) is 5.41 Å². The van der Waals surface area contributed by atoms with E-state index in [4.69, 9.17) is 0 Å². The van der Waals surface area contributed by atoms with Gasteiger partial charge in [-0.2, -0.15) is 0 Å². The van der Waals surface area contributed by atoms with Gasteiger partial charge < -0.3 is 5.32 Å². The molecule has 1 N–H and O–H groups in total. The lowest BCUT2D eigenvalue weighted by atomic mass is 9.70. The molecule has 2 aliphatic rings. The Morgan fingerprint density at radius 1 is 1.05 bits per heavy atom. The standard InChI is InChI=1S/C20H31N/c1-4-15-9-11-16(12-10-15)21-19-13-14-20(2,3)18-8-6-5-7-17(18)19/h5-8,15-16,19,21H,4,9-14H2,1-3H3. The monoisotopic (exact) mass is 285 g/mol. The average Bonchev–Trinajstić information content (AvgIpc) is 2.51. The highest BCUT2D eigenvalue weighted by Gasteiger charge is 2.33. The van der Waals surface area contributed by atoms with E-state index < -0.39 is 0 Å². The number of benzene rings is 1. The second-order valence-corrected chi connectivity index (χ2v) is 7.85. The zero-order valence-corrected chi connectivity index (χ0v) is 14.0. The summed E-state index contributed by atoms with van der Waals surface area (Å²) >= 11 is 0. The minimum Gasteiger partial charge on any atom is -0.307 e. The third-order valence-corrected chi connectivity index (χ3v) is 5.98. The minimum atomic E-state index is 0.342. The minimum absolute atomic E-state index is 0.342. The molecular weight excluding hydrogens is 254 g/mol. The van der Waals surface area contributed by atoms with Crippen molar-refractivity contribution in [3.8, 4) is 0 Å². The molecule has 0 aliphatic heterocycles. The lowest BCUT2D eigenvalue weighted by Gasteiger charge is -2.40. The molecule has 0 radical (unpaired) electrons. The fourth-order valence-electron chi connectivity index (χ4n) is 4.41. The second-order valence-electron chi connectivity index (χ2n) is 7.85. The van der Waals surface area contributed by atoms with Crippen LogP contribution < -0.4 is 5.32 Å². The van der Waals surface area contributed by atoms with Gasteiger partial charge in [0.2, 0.25) is 0 Å². The highest BCUT2D eigenvalue weighted by molar-refractivity contribution is 5.38. The molecule has 0 amide bonds. The van der Waals surface area contributed by atoms with Crippen molar-refractivity contribution >= 4 is 0 Å². The summed E-state index contributed by atoms with van der Waals surface area (Å²) in [5.74, 6) is 0.987. The van der Waals surface area contributed by atoms with Gasteiger partial charge in [-0.1, -0.05) is 51.5 Å². The number of hydrogen-bond donors (Lipinski definition) is 1. The first kappa shape index (κ1) is 15.1. The Morgan fingerprint density at radius 2 is 1.76 bits per heavy atom. The van der Waals surface area contributed by atoms with Gasteiger partial charge in [0.15, 0.2) is 0 Å². The van der Waals surface area contributed by atoms with Gasteiger partial charge in [0, 0.05) is 12.1 Å². The summed E-state index contributed by atoms with van der Waals surface area (Å²) in [7, 11) is 0. The van der Waals surface area contributed by atoms with Crippen molar-refractivity contribution in [1.29, 1.82) is 0 Å². The van der Waals surface area contributed by atoms with Crippen LogP contribution in [0.1, 0.15) is 82.9 Å². The van der Waals surface area contributed by atoms with Crippen molar-refractivity contribution in [3.05, 3.63) is 35.4 Å². The second kappa shape index (κ2) is 6.12. The first-order valence-electron chi connectivity index (χ1n) is 8.95. The Kier molecular flexibility index (Phi) is 4.40. The Morgan fingerprint density at radius 3 is 2.48 bits per heavy atom. The summed E-state index contributed by atoms with van der Waals surface area (Å²) in [6, 6.07) is 10.4. The van der Waals surface area contributed by atoms with Crippen LogP contribution in [0.15, 0.2) is 24.3 Å². The molecule has 0 aromatic heterocycles. The smallest absolute Gasteiger partial charge is 0.0325 e. The molecule has 3 rings (SSSR count). The van der Waals surface area contributed by atoms with E-state index in [9.17, 15) is 0 Å². The van der Waals surface area contributed by atoms with E-state index in [2.05, 4.69) is 50.4 Å². The van der Waals surface area contributed by atoms with Crippen molar-refractivity contribution in [2.45, 2.75) is 83.2 Å². The third-order valence-electron chi connectivity index (χ3n) is 5.98. The van der Waals surface area contributed by atoms with E-state index in [0.29, 0.717) is 11.5 Å². The molecule has 1 unspecified atom stereocenters. The lowest BCUT2D eigenvalue weighted by Crippen LogP contribution is -2.39. The van der Waals surface area contributed by atoms with Gasteiger partial charge in [-0.05, 0) is 61.0 Å². The summed E-state index contributed by atoms with van der Waals surface area (Å²) in [5.41, 5.74) is 3.47. The van der Waals surface area contributed by atoms with Gasteiger partial charge in [-0.3, -0.25) is 0 Å². The Balaban J connectivity index is 1.70. The highest BCUT2D eigenvalue weighted by atomic mass is 15.0. The van der Waals surface area contributed by atoms with Crippen LogP contribution in [0.4, 0.5) is 0 Å². The number of rotatable bonds is 3. The molecule has 0 saturated heterocycles. The SMILES string of the molecule is CCC1CCC(NC2CCC(C)(C)c3ccccc32)CC1. The van der Waals surface area contributed by atoms with Crippen LogP contribution in [0.5, 0.6) is 0 Å². The fourth-order valence-corrected chi connectivity index (χ4v) is 4.41. The van der Waals surface area contributed by atoms with Crippen molar-refractivity contribution in [1.82, 2.24) is 5.32 Å². The maximum absolute atomic E-state index is 4.00. The largest absolute Gasteiger partial charge is 0.307 e.